The molecule has 2 amide bonds. The predicted molar refractivity (Wildman–Crippen MR) is 120 cm³/mol. The highest BCUT2D eigenvalue weighted by atomic mass is 19.4. The van der Waals surface area contributed by atoms with Gasteiger partial charge in [-0.25, -0.2) is 9.59 Å². The van der Waals surface area contributed by atoms with Crippen LogP contribution >= 0.6 is 0 Å². The van der Waals surface area contributed by atoms with Crippen molar-refractivity contribution in [2.45, 2.75) is 32.7 Å². The number of aliphatic carboxylic acids is 1. The molecule has 0 atom stereocenters. The van der Waals surface area contributed by atoms with E-state index < -0.39 is 12.1 Å². The van der Waals surface area contributed by atoms with Gasteiger partial charge in [-0.1, -0.05) is 24.3 Å². The summed E-state index contributed by atoms with van der Waals surface area (Å²) < 4.78 is 37.4. The first-order valence-corrected chi connectivity index (χ1v) is 10.1. The Labute approximate surface area is 194 Å². The number of carbonyl (C=O) groups is 2. The van der Waals surface area contributed by atoms with Gasteiger partial charge in [0, 0.05) is 31.0 Å². The molecule has 0 aliphatic heterocycles. The molecule has 0 aliphatic carbocycles. The number of ether oxygens (including phenoxy) is 1. The molecule has 3 N–H and O–H groups in total. The third kappa shape index (κ3) is 8.49. The van der Waals surface area contributed by atoms with Gasteiger partial charge in [0.15, 0.2) is 0 Å². The fourth-order valence-corrected chi connectivity index (χ4v) is 2.71. The molecule has 2 aromatic carbocycles. The Kier molecular flexibility index (Phi) is 9.05. The van der Waals surface area contributed by atoms with E-state index in [1.54, 1.807) is 18.1 Å². The molecule has 0 saturated heterocycles. The first-order chi connectivity index (χ1) is 16.0. The molecule has 8 nitrogen and oxygen atoms in total. The fourth-order valence-electron chi connectivity index (χ4n) is 2.71. The van der Waals surface area contributed by atoms with Crippen molar-refractivity contribution in [1.82, 2.24) is 15.1 Å². The average molecular weight is 478 g/mol. The molecule has 0 spiro atoms. The van der Waals surface area contributed by atoms with Gasteiger partial charge in [-0.15, -0.1) is 0 Å². The normalized spacial score (nSPS) is 10.8. The van der Waals surface area contributed by atoms with Crippen LogP contribution in [0.3, 0.4) is 0 Å². The predicted octanol–water partition coefficient (Wildman–Crippen LogP) is 5.16. The lowest BCUT2D eigenvalue weighted by Gasteiger charge is -2.19. The van der Waals surface area contributed by atoms with E-state index >= 15 is 0 Å². The second-order valence-corrected chi connectivity index (χ2v) is 7.47. The zero-order valence-electron chi connectivity index (χ0n) is 18.8. The van der Waals surface area contributed by atoms with Gasteiger partial charge in [-0.05, 0) is 49.2 Å². The summed E-state index contributed by atoms with van der Waals surface area (Å²) in [6.07, 6.45) is -1.37. The summed E-state index contributed by atoms with van der Waals surface area (Å²) in [6.45, 7) is 4.47. The van der Waals surface area contributed by atoms with Crippen LogP contribution < -0.4 is 10.1 Å². The quantitative estimate of drug-likeness (QED) is 0.454. The minimum Gasteiger partial charge on any atom is -0.491 e. The van der Waals surface area contributed by atoms with Crippen molar-refractivity contribution in [3.8, 4) is 16.9 Å². The Hall–Kier alpha value is -4.02. The Morgan fingerprint density at radius 1 is 1.15 bits per heavy atom. The van der Waals surface area contributed by atoms with E-state index in [2.05, 4.69) is 15.5 Å². The number of carboxylic acids is 1. The van der Waals surface area contributed by atoms with Gasteiger partial charge in [-0.3, -0.25) is 5.10 Å². The molecule has 11 heteroatoms. The Morgan fingerprint density at radius 3 is 2.32 bits per heavy atom. The van der Waals surface area contributed by atoms with Crippen LogP contribution in [-0.4, -0.2) is 51.5 Å². The van der Waals surface area contributed by atoms with Crippen LogP contribution in [0.2, 0.25) is 0 Å². The number of benzene rings is 2. The zero-order chi connectivity index (χ0) is 25.3. The molecule has 0 unspecified atom stereocenters. The molecule has 182 valence electrons. The van der Waals surface area contributed by atoms with Crippen molar-refractivity contribution in [2.24, 2.45) is 0 Å². The highest BCUT2D eigenvalue weighted by molar-refractivity contribution is 5.89. The largest absolute Gasteiger partial charge is 0.491 e. The third-order valence-electron chi connectivity index (χ3n) is 4.25. The molecule has 1 heterocycles. The molecule has 1 aromatic heterocycles. The number of carboxylic acid groups (broad SMARTS) is 1. The van der Waals surface area contributed by atoms with E-state index in [0.29, 0.717) is 6.54 Å². The van der Waals surface area contributed by atoms with Gasteiger partial charge in [0.1, 0.15) is 5.75 Å². The number of nitrogens with zero attached hydrogens (tertiary/aromatic N) is 2. The van der Waals surface area contributed by atoms with E-state index in [0.717, 1.165) is 28.1 Å². The van der Waals surface area contributed by atoms with Crippen molar-refractivity contribution in [1.29, 1.82) is 0 Å². The number of halogens is 3. The monoisotopic (exact) mass is 478 g/mol. The molecule has 3 rings (SSSR count). The first kappa shape index (κ1) is 26.2. The number of carbonyl (C=O) groups excluding carboxylic acids is 1. The van der Waals surface area contributed by atoms with Gasteiger partial charge < -0.3 is 20.1 Å². The van der Waals surface area contributed by atoms with E-state index in [4.69, 9.17) is 14.6 Å². The summed E-state index contributed by atoms with van der Waals surface area (Å²) >= 11 is 0. The van der Waals surface area contributed by atoms with Crippen LogP contribution in [0.25, 0.3) is 11.1 Å². The third-order valence-corrected chi connectivity index (χ3v) is 4.25. The number of aromatic nitrogens is 2. The van der Waals surface area contributed by atoms with Crippen molar-refractivity contribution < 1.29 is 32.6 Å². The molecular weight excluding hydrogens is 453 g/mol. The number of rotatable bonds is 6. The van der Waals surface area contributed by atoms with E-state index in [1.165, 1.54) is 0 Å². The lowest BCUT2D eigenvalue weighted by atomic mass is 10.1. The standard InChI is InChI=1S/C21H24N4O2.C2HF3O2/c1-15(2)27-20-6-4-5-16(11-20)14-25(3)21(26)24-19-9-7-17(8-10-19)18-12-22-23-13-18;3-2(4,5)1(6)7/h4-13,15H,14H2,1-3H3,(H,22,23)(H,24,26);(H,6,7). The second-order valence-electron chi connectivity index (χ2n) is 7.47. The molecule has 3 aromatic rings. The Balaban J connectivity index is 0.000000509. The van der Waals surface area contributed by atoms with Crippen molar-refractivity contribution in [3.63, 3.8) is 0 Å². The zero-order valence-corrected chi connectivity index (χ0v) is 18.8. The van der Waals surface area contributed by atoms with Gasteiger partial charge in [0.2, 0.25) is 0 Å². The number of hydrogen-bond donors (Lipinski definition) is 3. The molecule has 0 bridgehead atoms. The van der Waals surface area contributed by atoms with Crippen LogP contribution in [-0.2, 0) is 11.3 Å². The molecule has 0 radical (unpaired) electrons. The van der Waals surface area contributed by atoms with E-state index in [-0.39, 0.29) is 12.1 Å². The number of alkyl halides is 3. The Bertz CT molecular complexity index is 1070. The van der Waals surface area contributed by atoms with Crippen LogP contribution in [0, 0.1) is 0 Å². The SMILES string of the molecule is CC(C)Oc1cccc(CN(C)C(=O)Nc2ccc(-c3cn[nH]c3)cc2)c1.O=C(O)C(F)(F)F. The van der Waals surface area contributed by atoms with Gasteiger partial charge in [0.05, 0.1) is 12.3 Å². The Morgan fingerprint density at radius 2 is 1.79 bits per heavy atom. The number of urea groups is 1. The molecular formula is C23H25F3N4O4. The molecule has 0 aliphatic rings. The number of H-pyrrole nitrogens is 1. The van der Waals surface area contributed by atoms with Crippen molar-refractivity contribution >= 4 is 17.7 Å². The smallest absolute Gasteiger partial charge is 0.490 e. The maximum absolute atomic E-state index is 12.5. The summed E-state index contributed by atoms with van der Waals surface area (Å²) in [6, 6.07) is 15.3. The second kappa shape index (κ2) is 11.7. The summed E-state index contributed by atoms with van der Waals surface area (Å²) in [4.78, 5) is 23.0. The van der Waals surface area contributed by atoms with Crippen LogP contribution in [0.15, 0.2) is 60.9 Å². The van der Waals surface area contributed by atoms with E-state index in [9.17, 15) is 18.0 Å². The van der Waals surface area contributed by atoms with E-state index in [1.807, 2.05) is 68.6 Å². The molecule has 34 heavy (non-hydrogen) atoms. The van der Waals surface area contributed by atoms with Gasteiger partial charge in [-0.2, -0.15) is 18.3 Å². The average Bonchev–Trinajstić information content (AvgIpc) is 3.28. The molecule has 0 fully saturated rings. The maximum Gasteiger partial charge on any atom is 0.490 e. The fraction of sp³-hybridized carbons (Fsp3) is 0.261. The molecule has 0 saturated carbocycles. The lowest BCUT2D eigenvalue weighted by molar-refractivity contribution is -0.192. The van der Waals surface area contributed by atoms with Crippen LogP contribution in [0.5, 0.6) is 5.75 Å². The summed E-state index contributed by atoms with van der Waals surface area (Å²) in [5.74, 6) is -1.95. The minimum atomic E-state index is -5.08. The van der Waals surface area contributed by atoms with Crippen LogP contribution in [0.1, 0.15) is 19.4 Å². The number of amides is 2. The summed E-state index contributed by atoms with van der Waals surface area (Å²) in [5.41, 5.74) is 3.81. The van der Waals surface area contributed by atoms with Gasteiger partial charge in [0.25, 0.3) is 0 Å². The van der Waals surface area contributed by atoms with Crippen molar-refractivity contribution in [3.05, 3.63) is 66.5 Å². The van der Waals surface area contributed by atoms with Crippen molar-refractivity contribution in [2.75, 3.05) is 12.4 Å². The number of anilines is 1. The lowest BCUT2D eigenvalue weighted by Crippen LogP contribution is -2.30. The number of nitrogens with one attached hydrogen (secondary N) is 2. The minimum absolute atomic E-state index is 0.117. The topological polar surface area (TPSA) is 108 Å². The summed E-state index contributed by atoms with van der Waals surface area (Å²) in [7, 11) is 1.77. The first-order valence-electron chi connectivity index (χ1n) is 10.1. The van der Waals surface area contributed by atoms with Gasteiger partial charge >= 0.3 is 18.2 Å². The highest BCUT2D eigenvalue weighted by Crippen LogP contribution is 2.21. The highest BCUT2D eigenvalue weighted by Gasteiger charge is 2.38. The summed E-state index contributed by atoms with van der Waals surface area (Å²) in [5, 5.41) is 16.8. The maximum atomic E-state index is 12.5. The van der Waals surface area contributed by atoms with Crippen LogP contribution in [0.4, 0.5) is 23.7 Å². The number of aromatic amines is 1. The number of hydrogen-bond acceptors (Lipinski definition) is 4.